The average Bonchev–Trinajstić information content (AvgIpc) is 2.15. The van der Waals surface area contributed by atoms with Gasteiger partial charge in [-0.05, 0) is 37.0 Å². The summed E-state index contributed by atoms with van der Waals surface area (Å²) in [5.74, 6) is 0.0777. The molecule has 0 radical (unpaired) electrons. The molecule has 0 amide bonds. The van der Waals surface area contributed by atoms with Gasteiger partial charge in [-0.25, -0.2) is 0 Å². The molecule has 1 aromatic carbocycles. The normalized spacial score (nSPS) is 10.6. The van der Waals surface area contributed by atoms with Gasteiger partial charge in [0, 0.05) is 4.90 Å². The summed E-state index contributed by atoms with van der Waals surface area (Å²) in [6.45, 7) is 1.55. The first-order chi connectivity index (χ1) is 6.22. The second-order valence-electron chi connectivity index (χ2n) is 2.72. The molecule has 1 rings (SSSR count). The molecular weight excluding hydrogens is 180 g/mol. The topological polar surface area (TPSA) is 17.1 Å². The summed E-state index contributed by atoms with van der Waals surface area (Å²) in [6.07, 6.45) is 5.45. The Kier molecular flexibility index (Phi) is 3.77. The molecule has 0 aliphatic carbocycles. The Hall–Kier alpha value is -1.02. The molecule has 1 aromatic rings. The monoisotopic (exact) mass is 192 g/mol. The molecule has 0 aliphatic rings. The Morgan fingerprint density at radius 1 is 1.31 bits per heavy atom. The van der Waals surface area contributed by atoms with Crippen molar-refractivity contribution >= 4 is 23.6 Å². The molecule has 0 fully saturated rings. The summed E-state index contributed by atoms with van der Waals surface area (Å²) >= 11 is 1.71. The van der Waals surface area contributed by atoms with Crippen molar-refractivity contribution < 1.29 is 4.79 Å². The van der Waals surface area contributed by atoms with Crippen molar-refractivity contribution in [3.63, 3.8) is 0 Å². The third kappa shape index (κ3) is 3.47. The van der Waals surface area contributed by atoms with Crippen molar-refractivity contribution in [2.45, 2.75) is 11.8 Å². The zero-order chi connectivity index (χ0) is 9.68. The Morgan fingerprint density at radius 3 is 2.38 bits per heavy atom. The Morgan fingerprint density at radius 2 is 1.92 bits per heavy atom. The third-order valence-electron chi connectivity index (χ3n) is 1.63. The quantitative estimate of drug-likeness (QED) is 0.541. The van der Waals surface area contributed by atoms with Crippen molar-refractivity contribution in [3.05, 3.63) is 35.9 Å². The predicted octanol–water partition coefficient (Wildman–Crippen LogP) is 3.01. The van der Waals surface area contributed by atoms with Crippen LogP contribution in [0.2, 0.25) is 0 Å². The van der Waals surface area contributed by atoms with Gasteiger partial charge in [0.15, 0.2) is 5.78 Å². The van der Waals surface area contributed by atoms with Crippen molar-refractivity contribution in [1.29, 1.82) is 0 Å². The summed E-state index contributed by atoms with van der Waals surface area (Å²) in [5.41, 5.74) is 1.06. The highest BCUT2D eigenvalue weighted by atomic mass is 32.2. The van der Waals surface area contributed by atoms with E-state index >= 15 is 0 Å². The van der Waals surface area contributed by atoms with Crippen LogP contribution in [0.15, 0.2) is 35.2 Å². The lowest BCUT2D eigenvalue weighted by molar-refractivity contribution is -0.112. The first-order valence-electron chi connectivity index (χ1n) is 4.05. The van der Waals surface area contributed by atoms with Crippen molar-refractivity contribution in [2.24, 2.45) is 0 Å². The smallest absolute Gasteiger partial charge is 0.152 e. The standard InChI is InChI=1S/C11H12OS/c1-9(12)3-4-10-5-7-11(13-2)8-6-10/h3-8H,1-2H3/b4-3+. The number of allylic oxidation sites excluding steroid dienone is 1. The maximum atomic E-state index is 10.6. The van der Waals surface area contributed by atoms with Crippen LogP contribution < -0.4 is 0 Å². The number of rotatable bonds is 3. The van der Waals surface area contributed by atoms with Crippen LogP contribution in [0.25, 0.3) is 6.08 Å². The minimum Gasteiger partial charge on any atom is -0.295 e. The molecule has 0 atom stereocenters. The Bertz CT molecular complexity index is 311. The van der Waals surface area contributed by atoms with Gasteiger partial charge in [0.05, 0.1) is 0 Å². The summed E-state index contributed by atoms with van der Waals surface area (Å²) < 4.78 is 0. The van der Waals surface area contributed by atoms with Gasteiger partial charge >= 0.3 is 0 Å². The first kappa shape index (κ1) is 10.1. The number of carbonyl (C=O) groups is 1. The lowest BCUT2D eigenvalue weighted by Crippen LogP contribution is -1.80. The van der Waals surface area contributed by atoms with E-state index < -0.39 is 0 Å². The van der Waals surface area contributed by atoms with Crippen LogP contribution in [0.4, 0.5) is 0 Å². The molecule has 0 aliphatic heterocycles. The largest absolute Gasteiger partial charge is 0.295 e. The second-order valence-corrected chi connectivity index (χ2v) is 3.60. The van der Waals surface area contributed by atoms with Crippen LogP contribution in [0, 0.1) is 0 Å². The molecule has 0 saturated heterocycles. The molecule has 0 aromatic heterocycles. The lowest BCUT2D eigenvalue weighted by Gasteiger charge is -1.95. The lowest BCUT2D eigenvalue weighted by atomic mass is 10.2. The van der Waals surface area contributed by atoms with Crippen molar-refractivity contribution in [2.75, 3.05) is 6.26 Å². The van der Waals surface area contributed by atoms with Crippen LogP contribution in [-0.2, 0) is 4.79 Å². The van der Waals surface area contributed by atoms with Gasteiger partial charge in [-0.15, -0.1) is 11.8 Å². The predicted molar refractivity (Wildman–Crippen MR) is 57.9 cm³/mol. The molecule has 0 heterocycles. The fourth-order valence-electron chi connectivity index (χ4n) is 0.929. The molecule has 2 heteroatoms. The van der Waals surface area contributed by atoms with Gasteiger partial charge < -0.3 is 0 Å². The van der Waals surface area contributed by atoms with E-state index in [2.05, 4.69) is 0 Å². The van der Waals surface area contributed by atoms with Crippen LogP contribution >= 0.6 is 11.8 Å². The van der Waals surface area contributed by atoms with E-state index in [1.165, 1.54) is 4.90 Å². The van der Waals surface area contributed by atoms with Crippen LogP contribution in [-0.4, -0.2) is 12.0 Å². The number of hydrogen-bond donors (Lipinski definition) is 0. The molecular formula is C11H12OS. The number of benzene rings is 1. The molecule has 68 valence electrons. The van der Waals surface area contributed by atoms with Crippen LogP contribution in [0.5, 0.6) is 0 Å². The van der Waals surface area contributed by atoms with Gasteiger partial charge in [0.25, 0.3) is 0 Å². The van der Waals surface area contributed by atoms with E-state index in [0.29, 0.717) is 0 Å². The second kappa shape index (κ2) is 4.87. The average molecular weight is 192 g/mol. The van der Waals surface area contributed by atoms with Crippen molar-refractivity contribution in [3.8, 4) is 0 Å². The number of ketones is 1. The van der Waals surface area contributed by atoms with Gasteiger partial charge in [-0.2, -0.15) is 0 Å². The highest BCUT2D eigenvalue weighted by Gasteiger charge is 1.89. The number of carbonyl (C=O) groups excluding carboxylic acids is 1. The fourth-order valence-corrected chi connectivity index (χ4v) is 1.34. The highest BCUT2D eigenvalue weighted by molar-refractivity contribution is 7.98. The van der Waals surface area contributed by atoms with Crippen LogP contribution in [0.1, 0.15) is 12.5 Å². The molecule has 0 N–H and O–H groups in total. The van der Waals surface area contributed by atoms with Gasteiger partial charge in [0.2, 0.25) is 0 Å². The van der Waals surface area contributed by atoms with Gasteiger partial charge in [-0.1, -0.05) is 18.2 Å². The maximum Gasteiger partial charge on any atom is 0.152 e. The zero-order valence-corrected chi connectivity index (χ0v) is 8.60. The molecule has 0 bridgehead atoms. The molecule has 1 nitrogen and oxygen atoms in total. The number of thioether (sulfide) groups is 1. The SMILES string of the molecule is CSc1ccc(/C=C/C(C)=O)cc1. The van der Waals surface area contributed by atoms with E-state index in [-0.39, 0.29) is 5.78 Å². The summed E-state index contributed by atoms with van der Waals surface area (Å²) in [5, 5.41) is 0. The highest BCUT2D eigenvalue weighted by Crippen LogP contribution is 2.15. The maximum absolute atomic E-state index is 10.6. The molecule has 13 heavy (non-hydrogen) atoms. The van der Waals surface area contributed by atoms with E-state index in [0.717, 1.165) is 5.56 Å². The molecule has 0 saturated carbocycles. The number of hydrogen-bond acceptors (Lipinski definition) is 2. The molecule has 0 unspecified atom stereocenters. The van der Waals surface area contributed by atoms with Gasteiger partial charge in [0.1, 0.15) is 0 Å². The Balaban J connectivity index is 2.75. The van der Waals surface area contributed by atoms with E-state index in [1.54, 1.807) is 24.8 Å². The zero-order valence-electron chi connectivity index (χ0n) is 7.78. The molecule has 0 spiro atoms. The van der Waals surface area contributed by atoms with E-state index in [9.17, 15) is 4.79 Å². The summed E-state index contributed by atoms with van der Waals surface area (Å²) in [6, 6.07) is 8.10. The fraction of sp³-hybridized carbons (Fsp3) is 0.182. The third-order valence-corrected chi connectivity index (χ3v) is 2.37. The van der Waals surface area contributed by atoms with Crippen molar-refractivity contribution in [1.82, 2.24) is 0 Å². The minimum atomic E-state index is 0.0777. The van der Waals surface area contributed by atoms with E-state index in [1.807, 2.05) is 36.6 Å². The minimum absolute atomic E-state index is 0.0777. The first-order valence-corrected chi connectivity index (χ1v) is 5.27. The van der Waals surface area contributed by atoms with Crippen LogP contribution in [0.3, 0.4) is 0 Å². The Labute approximate surface area is 82.9 Å². The van der Waals surface area contributed by atoms with Gasteiger partial charge in [-0.3, -0.25) is 4.79 Å². The summed E-state index contributed by atoms with van der Waals surface area (Å²) in [4.78, 5) is 11.9. The summed E-state index contributed by atoms with van der Waals surface area (Å²) in [7, 11) is 0. The van der Waals surface area contributed by atoms with E-state index in [4.69, 9.17) is 0 Å².